The summed E-state index contributed by atoms with van der Waals surface area (Å²) in [6.45, 7) is 8.64. The lowest BCUT2D eigenvalue weighted by Gasteiger charge is -2.34. The van der Waals surface area contributed by atoms with Crippen LogP contribution in [0.5, 0.6) is 0 Å². The fourth-order valence-electron chi connectivity index (χ4n) is 3.04. The number of carbonyl (C=O) groups is 1. The van der Waals surface area contributed by atoms with E-state index in [-0.39, 0.29) is 0 Å². The Morgan fingerprint density at radius 2 is 2.23 bits per heavy atom. The summed E-state index contributed by atoms with van der Waals surface area (Å²) in [5.74, 6) is 0. The van der Waals surface area contributed by atoms with Crippen LogP contribution in [0, 0.1) is 13.8 Å². The molecule has 0 spiro atoms. The summed E-state index contributed by atoms with van der Waals surface area (Å²) in [5.41, 5.74) is 12.0. The van der Waals surface area contributed by atoms with Crippen molar-refractivity contribution in [2.24, 2.45) is 10.8 Å². The molecule has 1 heterocycles. The van der Waals surface area contributed by atoms with Gasteiger partial charge in [0.25, 0.3) is 0 Å². The van der Waals surface area contributed by atoms with Crippen molar-refractivity contribution in [1.29, 1.82) is 0 Å². The monoisotopic (exact) mass is 302 g/mol. The van der Waals surface area contributed by atoms with Crippen molar-refractivity contribution in [2.75, 3.05) is 6.54 Å². The maximum Gasteiger partial charge on any atom is 0.332 e. The number of benzene rings is 1. The Hall–Kier alpha value is -1.88. The molecule has 1 fully saturated rings. The third kappa shape index (κ3) is 4.31. The largest absolute Gasteiger partial charge is 0.350 e. The number of hydrogen-bond donors (Lipinski definition) is 2. The summed E-state index contributed by atoms with van der Waals surface area (Å²) in [6.07, 6.45) is 5.56. The molecule has 3 N–H and O–H groups in total. The highest BCUT2D eigenvalue weighted by Crippen LogP contribution is 2.22. The van der Waals surface area contributed by atoms with Crippen molar-refractivity contribution in [1.82, 2.24) is 10.3 Å². The van der Waals surface area contributed by atoms with Gasteiger partial charge < -0.3 is 5.73 Å². The number of nitrogens with two attached hydrogens (primary N) is 1. The second-order valence-electron chi connectivity index (χ2n) is 6.19. The molecule has 1 saturated heterocycles. The molecule has 1 aromatic carbocycles. The van der Waals surface area contributed by atoms with Crippen LogP contribution in [0.2, 0.25) is 0 Å². The molecule has 1 atom stereocenters. The van der Waals surface area contributed by atoms with Gasteiger partial charge in [0, 0.05) is 12.6 Å². The predicted octanol–water partition coefficient (Wildman–Crippen LogP) is 2.68. The van der Waals surface area contributed by atoms with Gasteiger partial charge >= 0.3 is 6.03 Å². The summed E-state index contributed by atoms with van der Waals surface area (Å²) < 4.78 is 0. The molecule has 0 aromatic heterocycles. The number of nitrogens with zero attached hydrogens (tertiary/aromatic N) is 2. The zero-order chi connectivity index (χ0) is 16.1. The first-order valence-corrected chi connectivity index (χ1v) is 7.90. The second-order valence-corrected chi connectivity index (χ2v) is 6.19. The molecule has 22 heavy (non-hydrogen) atoms. The van der Waals surface area contributed by atoms with Crippen LogP contribution in [-0.2, 0) is 6.54 Å². The van der Waals surface area contributed by atoms with Gasteiger partial charge in [-0.25, -0.2) is 10.2 Å². The van der Waals surface area contributed by atoms with Crippen LogP contribution in [-0.4, -0.2) is 29.7 Å². The molecule has 1 aliphatic heterocycles. The first kappa shape index (κ1) is 16.5. The Bertz CT molecular complexity index is 568. The molecule has 5 nitrogen and oxygen atoms in total. The standard InChI is InChI=1S/C17H26N4O/c1-12-8-15(10-19-20-17(18)22)14(3)16(9-12)11-21-7-5-4-6-13(21)2/h8-10,13H,4-7,11H2,1-3H3,(H3,18,20,22). The molecule has 5 heteroatoms. The van der Waals surface area contributed by atoms with Gasteiger partial charge in [-0.3, -0.25) is 4.90 Å². The Balaban J connectivity index is 2.18. The molecule has 0 saturated carbocycles. The van der Waals surface area contributed by atoms with E-state index in [4.69, 9.17) is 5.73 Å². The molecule has 1 aromatic rings. The van der Waals surface area contributed by atoms with E-state index < -0.39 is 6.03 Å². The number of urea groups is 1. The van der Waals surface area contributed by atoms with Gasteiger partial charge in [-0.1, -0.05) is 24.1 Å². The first-order valence-electron chi connectivity index (χ1n) is 7.90. The molecular weight excluding hydrogens is 276 g/mol. The lowest BCUT2D eigenvalue weighted by Crippen LogP contribution is -2.37. The number of primary amides is 1. The van der Waals surface area contributed by atoms with Gasteiger partial charge in [-0.2, -0.15) is 5.10 Å². The van der Waals surface area contributed by atoms with Crippen molar-refractivity contribution in [2.45, 2.75) is 52.6 Å². The average Bonchev–Trinajstić information content (AvgIpc) is 2.45. The summed E-state index contributed by atoms with van der Waals surface area (Å²) in [4.78, 5) is 13.2. The Kier molecular flexibility index (Phi) is 5.55. The minimum atomic E-state index is -0.649. The highest BCUT2D eigenvalue weighted by Gasteiger charge is 2.19. The van der Waals surface area contributed by atoms with Crippen LogP contribution in [0.25, 0.3) is 0 Å². The van der Waals surface area contributed by atoms with E-state index in [0.29, 0.717) is 6.04 Å². The quantitative estimate of drug-likeness (QED) is 0.663. The number of rotatable bonds is 4. The van der Waals surface area contributed by atoms with E-state index in [1.54, 1.807) is 6.21 Å². The molecule has 0 bridgehead atoms. The molecule has 0 aliphatic carbocycles. The van der Waals surface area contributed by atoms with E-state index >= 15 is 0 Å². The van der Waals surface area contributed by atoms with Crippen LogP contribution in [0.15, 0.2) is 17.2 Å². The van der Waals surface area contributed by atoms with Crippen molar-refractivity contribution in [3.8, 4) is 0 Å². The SMILES string of the molecule is Cc1cc(C=NNC(N)=O)c(C)c(CN2CCCCC2C)c1. The predicted molar refractivity (Wildman–Crippen MR) is 90.0 cm³/mol. The zero-order valence-corrected chi connectivity index (χ0v) is 13.7. The van der Waals surface area contributed by atoms with Gasteiger partial charge in [-0.15, -0.1) is 0 Å². The van der Waals surface area contributed by atoms with Crippen molar-refractivity contribution in [3.05, 3.63) is 34.4 Å². The average molecular weight is 302 g/mol. The number of hydrazone groups is 1. The van der Waals surface area contributed by atoms with Crippen LogP contribution in [0.4, 0.5) is 4.79 Å². The van der Waals surface area contributed by atoms with E-state index in [0.717, 1.165) is 12.1 Å². The topological polar surface area (TPSA) is 70.7 Å². The molecule has 1 aliphatic rings. The molecule has 1 unspecified atom stereocenters. The van der Waals surface area contributed by atoms with Crippen LogP contribution < -0.4 is 11.2 Å². The van der Waals surface area contributed by atoms with Crippen molar-refractivity contribution in [3.63, 3.8) is 0 Å². The highest BCUT2D eigenvalue weighted by molar-refractivity contribution is 5.84. The van der Waals surface area contributed by atoms with E-state index in [9.17, 15) is 4.79 Å². The van der Waals surface area contributed by atoms with Gasteiger partial charge in [0.05, 0.1) is 6.21 Å². The van der Waals surface area contributed by atoms with Crippen molar-refractivity contribution >= 4 is 12.2 Å². The number of likely N-dealkylation sites (tertiary alicyclic amines) is 1. The Morgan fingerprint density at radius 1 is 1.45 bits per heavy atom. The number of amides is 2. The van der Waals surface area contributed by atoms with Gasteiger partial charge in [0.15, 0.2) is 0 Å². The van der Waals surface area contributed by atoms with Gasteiger partial charge in [0.2, 0.25) is 0 Å². The third-order valence-corrected chi connectivity index (χ3v) is 4.39. The smallest absolute Gasteiger partial charge is 0.332 e. The lowest BCUT2D eigenvalue weighted by atomic mass is 9.97. The number of aryl methyl sites for hydroxylation is 1. The summed E-state index contributed by atoms with van der Waals surface area (Å²) in [6, 6.07) is 4.31. The van der Waals surface area contributed by atoms with Crippen molar-refractivity contribution < 1.29 is 4.79 Å². The van der Waals surface area contributed by atoms with Crippen LogP contribution >= 0.6 is 0 Å². The molecular formula is C17H26N4O. The third-order valence-electron chi connectivity index (χ3n) is 4.39. The highest BCUT2D eigenvalue weighted by atomic mass is 16.2. The fourth-order valence-corrected chi connectivity index (χ4v) is 3.04. The van der Waals surface area contributed by atoms with E-state index in [1.165, 1.54) is 42.5 Å². The minimum absolute atomic E-state index is 0.641. The maximum absolute atomic E-state index is 10.7. The summed E-state index contributed by atoms with van der Waals surface area (Å²) in [7, 11) is 0. The Morgan fingerprint density at radius 3 is 2.91 bits per heavy atom. The minimum Gasteiger partial charge on any atom is -0.350 e. The summed E-state index contributed by atoms with van der Waals surface area (Å²) in [5, 5.41) is 3.88. The molecule has 2 rings (SSSR count). The molecule has 2 amide bonds. The number of carbonyl (C=O) groups excluding carboxylic acids is 1. The maximum atomic E-state index is 10.7. The fraction of sp³-hybridized carbons (Fsp3) is 0.529. The second kappa shape index (κ2) is 7.40. The molecule has 0 radical (unpaired) electrons. The number of piperidine rings is 1. The summed E-state index contributed by atoms with van der Waals surface area (Å²) >= 11 is 0. The lowest BCUT2D eigenvalue weighted by molar-refractivity contribution is 0.152. The Labute approximate surface area is 132 Å². The van der Waals surface area contributed by atoms with Crippen LogP contribution in [0.1, 0.15) is 48.4 Å². The van der Waals surface area contributed by atoms with Gasteiger partial charge in [0.1, 0.15) is 0 Å². The van der Waals surface area contributed by atoms with Crippen LogP contribution in [0.3, 0.4) is 0 Å². The first-order chi connectivity index (χ1) is 10.5. The van der Waals surface area contributed by atoms with Gasteiger partial charge in [-0.05, 0) is 56.8 Å². The normalized spacial score (nSPS) is 19.5. The number of hydrogen-bond acceptors (Lipinski definition) is 3. The number of nitrogens with one attached hydrogen (secondary N) is 1. The molecule has 120 valence electrons. The zero-order valence-electron chi connectivity index (χ0n) is 13.7. The van der Waals surface area contributed by atoms with E-state index in [2.05, 4.69) is 48.3 Å². The van der Waals surface area contributed by atoms with E-state index in [1.807, 2.05) is 0 Å².